The number of aliphatic hydroxyl groups is 2. The molecule has 0 bridgehead atoms. The van der Waals surface area contributed by atoms with Crippen LogP contribution in [0.2, 0.25) is 0 Å². The first-order valence-electron chi connectivity index (χ1n) is 5.76. The van der Waals surface area contributed by atoms with Crippen LogP contribution in [0.3, 0.4) is 0 Å². The van der Waals surface area contributed by atoms with E-state index in [0.717, 1.165) is 23.9 Å². The van der Waals surface area contributed by atoms with Crippen molar-refractivity contribution in [3.8, 4) is 0 Å². The second kappa shape index (κ2) is 7.32. The van der Waals surface area contributed by atoms with Crippen LogP contribution in [0.25, 0.3) is 0 Å². The maximum absolute atomic E-state index is 13.1. The number of hydrogen-bond acceptors (Lipinski definition) is 6. The highest BCUT2D eigenvalue weighted by atomic mass is 32.2. The van der Waals surface area contributed by atoms with Crippen LogP contribution in [0.15, 0.2) is 18.2 Å². The first-order chi connectivity index (χ1) is 9.32. The number of nitro benzene ring substituents is 1. The van der Waals surface area contributed by atoms with Gasteiger partial charge in [-0.05, 0) is 18.1 Å². The van der Waals surface area contributed by atoms with Gasteiger partial charge in [-0.15, -0.1) is 0 Å². The Balaban J connectivity index is 2.76. The number of hydrogen-bond donors (Lipinski definition) is 2. The molecule has 2 N–H and O–H groups in total. The Bertz CT molecular complexity index is 511. The molecule has 0 aromatic heterocycles. The molecule has 0 fully saturated rings. The molecule has 110 valence electrons. The molecule has 2 unspecified atom stereocenters. The lowest BCUT2D eigenvalue weighted by molar-refractivity contribution is -0.387. The first kappa shape index (κ1) is 16.5. The van der Waals surface area contributed by atoms with Gasteiger partial charge >= 0.3 is 5.69 Å². The third kappa shape index (κ3) is 4.55. The van der Waals surface area contributed by atoms with Crippen LogP contribution in [0, 0.1) is 15.9 Å². The van der Waals surface area contributed by atoms with Crippen molar-refractivity contribution in [1.82, 2.24) is 0 Å². The minimum absolute atomic E-state index is 0.0541. The summed E-state index contributed by atoms with van der Waals surface area (Å²) in [6.07, 6.45) is -2.43. The van der Waals surface area contributed by atoms with E-state index in [0.29, 0.717) is 5.75 Å². The highest BCUT2D eigenvalue weighted by Gasteiger charge is 2.22. The normalized spacial score (nSPS) is 13.8. The van der Waals surface area contributed by atoms with Crippen molar-refractivity contribution in [3.05, 3.63) is 39.7 Å². The van der Waals surface area contributed by atoms with Gasteiger partial charge in [-0.2, -0.15) is 4.39 Å². The van der Waals surface area contributed by atoms with E-state index in [1.807, 2.05) is 0 Å². The smallest absolute Gasteiger partial charge is 0.305 e. The molecule has 0 aliphatic rings. The molecule has 1 aromatic carbocycles. The van der Waals surface area contributed by atoms with Crippen LogP contribution >= 0.6 is 11.8 Å². The van der Waals surface area contributed by atoms with Crippen LogP contribution in [-0.2, 0) is 4.79 Å². The molecule has 1 aromatic rings. The second-order valence-electron chi connectivity index (χ2n) is 4.11. The van der Waals surface area contributed by atoms with E-state index in [2.05, 4.69) is 0 Å². The van der Waals surface area contributed by atoms with Gasteiger partial charge in [-0.3, -0.25) is 14.9 Å². The molecule has 0 saturated heterocycles. The lowest BCUT2D eigenvalue weighted by Crippen LogP contribution is -2.19. The first-order valence-corrected chi connectivity index (χ1v) is 6.74. The van der Waals surface area contributed by atoms with Gasteiger partial charge < -0.3 is 10.2 Å². The van der Waals surface area contributed by atoms with E-state index in [-0.39, 0.29) is 17.1 Å². The molecule has 0 amide bonds. The molecular weight excluding hydrogens is 289 g/mol. The number of nitro groups is 1. The van der Waals surface area contributed by atoms with Gasteiger partial charge in [-0.1, -0.05) is 17.8 Å². The Labute approximate surface area is 118 Å². The predicted octanol–water partition coefficient (Wildman–Crippen LogP) is 1.80. The highest BCUT2D eigenvalue weighted by molar-refractivity contribution is 8.13. The number of halogens is 1. The summed E-state index contributed by atoms with van der Waals surface area (Å²) in [6.45, 7) is 1.39. The van der Waals surface area contributed by atoms with Gasteiger partial charge in [0.25, 0.3) is 0 Å². The lowest BCUT2D eigenvalue weighted by atomic mass is 10.0. The summed E-state index contributed by atoms with van der Waals surface area (Å²) in [4.78, 5) is 20.4. The number of thioether (sulfide) groups is 1. The van der Waals surface area contributed by atoms with E-state index in [9.17, 15) is 29.5 Å². The molecule has 0 aliphatic carbocycles. The Kier molecular flexibility index (Phi) is 6.05. The van der Waals surface area contributed by atoms with Crippen molar-refractivity contribution in [3.63, 3.8) is 0 Å². The van der Waals surface area contributed by atoms with Gasteiger partial charge in [0.1, 0.15) is 6.10 Å². The maximum atomic E-state index is 13.1. The minimum Gasteiger partial charge on any atom is -0.390 e. The van der Waals surface area contributed by atoms with E-state index in [1.54, 1.807) is 0 Å². The zero-order valence-electron chi connectivity index (χ0n) is 10.7. The highest BCUT2D eigenvalue weighted by Crippen LogP contribution is 2.26. The van der Waals surface area contributed by atoms with E-state index >= 15 is 0 Å². The van der Waals surface area contributed by atoms with Gasteiger partial charge in [0.2, 0.25) is 5.82 Å². The Hall–Kier alpha value is -1.51. The number of nitrogens with zero attached hydrogens (tertiary/aromatic N) is 1. The average Bonchev–Trinajstić information content (AvgIpc) is 2.37. The minimum atomic E-state index is -1.37. The zero-order valence-corrected chi connectivity index (χ0v) is 11.5. The fraction of sp³-hybridized carbons (Fsp3) is 0.417. The Morgan fingerprint density at radius 1 is 1.50 bits per heavy atom. The number of carbonyl (C=O) groups is 1. The molecule has 8 heteroatoms. The molecule has 1 rings (SSSR count). The van der Waals surface area contributed by atoms with Crippen molar-refractivity contribution in [2.45, 2.75) is 25.6 Å². The monoisotopic (exact) mass is 303 g/mol. The summed E-state index contributed by atoms with van der Waals surface area (Å²) < 4.78 is 13.1. The summed E-state index contributed by atoms with van der Waals surface area (Å²) in [5.41, 5.74) is -0.703. The average molecular weight is 303 g/mol. The van der Waals surface area contributed by atoms with E-state index < -0.39 is 28.6 Å². The molecule has 0 saturated carbocycles. The Morgan fingerprint density at radius 2 is 2.15 bits per heavy atom. The molecule has 0 heterocycles. The van der Waals surface area contributed by atoms with E-state index in [4.69, 9.17) is 0 Å². The molecular formula is C12H14FNO5S. The molecule has 20 heavy (non-hydrogen) atoms. The molecule has 0 aliphatic heterocycles. The topological polar surface area (TPSA) is 101 Å². The largest absolute Gasteiger partial charge is 0.390 e. The van der Waals surface area contributed by atoms with Gasteiger partial charge in [0, 0.05) is 18.7 Å². The summed E-state index contributed by atoms with van der Waals surface area (Å²) in [7, 11) is 0. The summed E-state index contributed by atoms with van der Waals surface area (Å²) in [5.74, 6) is -0.691. The van der Waals surface area contributed by atoms with Crippen LogP contribution in [0.4, 0.5) is 10.1 Å². The van der Waals surface area contributed by atoms with Gasteiger partial charge in [0.15, 0.2) is 5.12 Å². The van der Waals surface area contributed by atoms with Crippen molar-refractivity contribution in [2.24, 2.45) is 0 Å². The van der Waals surface area contributed by atoms with Crippen molar-refractivity contribution >= 4 is 22.6 Å². The number of carbonyl (C=O) groups excluding carboxylic acids is 1. The standard InChI is InChI=1S/C12H14FNO5S/c1-7(15)20-5-4-11(16)12(17)8-2-3-9(13)10(6-8)14(18)19/h2-3,6,11-12,16-17H,4-5H2,1H3. The van der Waals surface area contributed by atoms with Crippen molar-refractivity contribution < 1.29 is 24.3 Å². The predicted molar refractivity (Wildman–Crippen MR) is 71.8 cm³/mol. The van der Waals surface area contributed by atoms with Gasteiger partial charge in [-0.25, -0.2) is 0 Å². The third-order valence-corrected chi connectivity index (χ3v) is 3.44. The van der Waals surface area contributed by atoms with E-state index in [1.165, 1.54) is 13.0 Å². The number of aliphatic hydroxyl groups excluding tert-OH is 2. The number of rotatable bonds is 6. The van der Waals surface area contributed by atoms with Crippen molar-refractivity contribution in [2.75, 3.05) is 5.75 Å². The lowest BCUT2D eigenvalue weighted by Gasteiger charge is -2.17. The maximum Gasteiger partial charge on any atom is 0.305 e. The van der Waals surface area contributed by atoms with Crippen LogP contribution in [0.1, 0.15) is 25.0 Å². The SMILES string of the molecule is CC(=O)SCCC(O)C(O)c1ccc(F)c([N+](=O)[O-])c1. The van der Waals surface area contributed by atoms with Gasteiger partial charge in [0.05, 0.1) is 11.0 Å². The molecule has 6 nitrogen and oxygen atoms in total. The van der Waals surface area contributed by atoms with Crippen LogP contribution in [-0.4, -0.2) is 32.1 Å². The summed E-state index contributed by atoms with van der Waals surface area (Å²) >= 11 is 1.00. The third-order valence-electron chi connectivity index (χ3n) is 2.59. The second-order valence-corrected chi connectivity index (χ2v) is 5.38. The Morgan fingerprint density at radius 3 is 2.70 bits per heavy atom. The van der Waals surface area contributed by atoms with Crippen molar-refractivity contribution in [1.29, 1.82) is 0 Å². The molecule has 2 atom stereocenters. The molecule has 0 radical (unpaired) electrons. The zero-order chi connectivity index (χ0) is 15.3. The quantitative estimate of drug-likeness (QED) is 0.614. The van der Waals surface area contributed by atoms with Crippen LogP contribution in [0.5, 0.6) is 0 Å². The summed E-state index contributed by atoms with van der Waals surface area (Å²) in [5, 5.41) is 30.1. The summed E-state index contributed by atoms with van der Waals surface area (Å²) in [6, 6.07) is 2.93. The molecule has 0 spiro atoms. The fourth-order valence-electron chi connectivity index (χ4n) is 1.56. The number of benzene rings is 1. The van der Waals surface area contributed by atoms with Crippen LogP contribution < -0.4 is 0 Å². The fourth-order valence-corrected chi connectivity index (χ4v) is 2.20.